The van der Waals surface area contributed by atoms with Crippen LogP contribution in [0.25, 0.3) is 0 Å². The zero-order valence-electron chi connectivity index (χ0n) is 12.2. The van der Waals surface area contributed by atoms with Gasteiger partial charge in [-0.05, 0) is 51.6 Å². The molecule has 0 aliphatic heterocycles. The Kier molecular flexibility index (Phi) is 5.20. The van der Waals surface area contributed by atoms with E-state index < -0.39 is 0 Å². The molecule has 0 N–H and O–H groups in total. The van der Waals surface area contributed by atoms with E-state index >= 15 is 0 Å². The first-order chi connectivity index (χ1) is 8.36. The van der Waals surface area contributed by atoms with Crippen molar-refractivity contribution in [2.75, 3.05) is 28.3 Å². The van der Waals surface area contributed by atoms with Crippen molar-refractivity contribution in [3.8, 4) is 5.75 Å². The molecule has 1 unspecified atom stereocenters. The Bertz CT molecular complexity index is 444. The number of methoxy groups -OCH3 is 2. The predicted octanol–water partition coefficient (Wildman–Crippen LogP) is 3.59. The van der Waals surface area contributed by atoms with Gasteiger partial charge in [-0.2, -0.15) is 0 Å². The molecule has 1 atom stereocenters. The van der Waals surface area contributed by atoms with Gasteiger partial charge in [0.15, 0.2) is 0 Å². The maximum absolute atomic E-state index is 5.60. The predicted molar refractivity (Wildman–Crippen MR) is 78.3 cm³/mol. The summed E-state index contributed by atoms with van der Waals surface area (Å²) in [6, 6.07) is 0. The second kappa shape index (κ2) is 6.04. The Labute approximate surface area is 118 Å². The molecular formula is C14H22BrNO2. The van der Waals surface area contributed by atoms with Gasteiger partial charge in [0, 0.05) is 17.1 Å². The summed E-state index contributed by atoms with van der Waals surface area (Å²) in [5, 5.41) is 0. The fourth-order valence-electron chi connectivity index (χ4n) is 2.25. The van der Waals surface area contributed by atoms with Crippen LogP contribution in [0.3, 0.4) is 0 Å². The van der Waals surface area contributed by atoms with E-state index in [1.165, 1.54) is 5.56 Å². The third-order valence-corrected chi connectivity index (χ3v) is 4.54. The highest BCUT2D eigenvalue weighted by atomic mass is 79.9. The number of halogens is 1. The Morgan fingerprint density at radius 3 is 1.94 bits per heavy atom. The van der Waals surface area contributed by atoms with Crippen LogP contribution in [-0.2, 0) is 4.74 Å². The van der Waals surface area contributed by atoms with E-state index in [1.54, 1.807) is 14.2 Å². The highest BCUT2D eigenvalue weighted by Gasteiger charge is 2.25. The first-order valence-corrected chi connectivity index (χ1v) is 6.68. The summed E-state index contributed by atoms with van der Waals surface area (Å²) < 4.78 is 12.3. The molecule has 1 aromatic carbocycles. The smallest absolute Gasteiger partial charge is 0.139 e. The normalized spacial score (nSPS) is 12.9. The van der Waals surface area contributed by atoms with Crippen LogP contribution in [0.5, 0.6) is 5.75 Å². The first kappa shape index (κ1) is 15.5. The molecule has 4 heteroatoms. The van der Waals surface area contributed by atoms with Gasteiger partial charge < -0.3 is 9.47 Å². The fraction of sp³-hybridized carbons (Fsp3) is 0.571. The molecule has 0 saturated carbocycles. The molecule has 0 spiro atoms. The quantitative estimate of drug-likeness (QED) is 0.793. The van der Waals surface area contributed by atoms with E-state index in [0.29, 0.717) is 0 Å². The molecule has 18 heavy (non-hydrogen) atoms. The van der Waals surface area contributed by atoms with Gasteiger partial charge in [-0.25, -0.2) is 0 Å². The molecule has 0 saturated heterocycles. The molecule has 0 amide bonds. The van der Waals surface area contributed by atoms with Crippen molar-refractivity contribution in [2.24, 2.45) is 0 Å². The standard InChI is InChI=1S/C14H22BrNO2/c1-8-9(2)13(17-6)11(10(3)12(8)15)14(18-7)16(4)5/h14H,1-7H3. The molecule has 0 radical (unpaired) electrons. The topological polar surface area (TPSA) is 21.7 Å². The van der Waals surface area contributed by atoms with Crippen molar-refractivity contribution in [1.29, 1.82) is 0 Å². The monoisotopic (exact) mass is 315 g/mol. The van der Waals surface area contributed by atoms with Crippen LogP contribution in [0.2, 0.25) is 0 Å². The maximum Gasteiger partial charge on any atom is 0.139 e. The lowest BCUT2D eigenvalue weighted by Crippen LogP contribution is -2.23. The lowest BCUT2D eigenvalue weighted by atomic mass is 9.97. The van der Waals surface area contributed by atoms with Gasteiger partial charge in [-0.15, -0.1) is 0 Å². The number of nitrogens with zero attached hydrogens (tertiary/aromatic N) is 1. The van der Waals surface area contributed by atoms with E-state index in [4.69, 9.17) is 9.47 Å². The summed E-state index contributed by atoms with van der Waals surface area (Å²) in [6.45, 7) is 6.25. The van der Waals surface area contributed by atoms with Crippen molar-refractivity contribution in [1.82, 2.24) is 4.90 Å². The van der Waals surface area contributed by atoms with E-state index in [9.17, 15) is 0 Å². The largest absolute Gasteiger partial charge is 0.496 e. The van der Waals surface area contributed by atoms with Gasteiger partial charge in [-0.3, -0.25) is 4.90 Å². The molecule has 0 bridgehead atoms. The van der Waals surface area contributed by atoms with Crippen molar-refractivity contribution in [2.45, 2.75) is 27.0 Å². The average Bonchev–Trinajstić information content (AvgIpc) is 2.33. The molecule has 0 heterocycles. The van der Waals surface area contributed by atoms with Gasteiger partial charge in [0.05, 0.1) is 7.11 Å². The van der Waals surface area contributed by atoms with Gasteiger partial charge in [0.2, 0.25) is 0 Å². The average molecular weight is 316 g/mol. The molecule has 1 aromatic rings. The molecular weight excluding hydrogens is 294 g/mol. The molecule has 3 nitrogen and oxygen atoms in total. The van der Waals surface area contributed by atoms with Crippen LogP contribution in [0, 0.1) is 20.8 Å². The Morgan fingerprint density at radius 2 is 1.56 bits per heavy atom. The third-order valence-electron chi connectivity index (χ3n) is 3.35. The Morgan fingerprint density at radius 1 is 1.00 bits per heavy atom. The minimum atomic E-state index is -0.115. The van der Waals surface area contributed by atoms with E-state index in [1.807, 2.05) is 19.0 Å². The molecule has 0 aromatic heterocycles. The summed E-state index contributed by atoms with van der Waals surface area (Å²) in [5.74, 6) is 0.911. The van der Waals surface area contributed by atoms with Crippen molar-refractivity contribution in [3.63, 3.8) is 0 Å². The van der Waals surface area contributed by atoms with Gasteiger partial charge >= 0.3 is 0 Å². The van der Waals surface area contributed by atoms with Crippen LogP contribution in [0.4, 0.5) is 0 Å². The van der Waals surface area contributed by atoms with Gasteiger partial charge in [-0.1, -0.05) is 15.9 Å². The van der Waals surface area contributed by atoms with E-state index in [2.05, 4.69) is 36.7 Å². The zero-order chi connectivity index (χ0) is 14.0. The molecule has 0 fully saturated rings. The number of rotatable bonds is 4. The van der Waals surface area contributed by atoms with Gasteiger partial charge in [0.25, 0.3) is 0 Å². The number of hydrogen-bond acceptors (Lipinski definition) is 3. The highest BCUT2D eigenvalue weighted by Crippen LogP contribution is 2.40. The van der Waals surface area contributed by atoms with Gasteiger partial charge in [0.1, 0.15) is 12.0 Å². The van der Waals surface area contributed by atoms with Crippen molar-refractivity contribution >= 4 is 15.9 Å². The first-order valence-electron chi connectivity index (χ1n) is 5.89. The summed E-state index contributed by atoms with van der Waals surface area (Å²) in [6.07, 6.45) is -0.115. The van der Waals surface area contributed by atoms with Crippen LogP contribution in [0.15, 0.2) is 4.47 Å². The lowest BCUT2D eigenvalue weighted by molar-refractivity contribution is -0.00751. The molecule has 102 valence electrons. The van der Waals surface area contributed by atoms with Crippen LogP contribution in [-0.4, -0.2) is 33.2 Å². The summed E-state index contributed by atoms with van der Waals surface area (Å²) >= 11 is 3.66. The Balaban J connectivity index is 3.60. The Hall–Kier alpha value is -0.580. The van der Waals surface area contributed by atoms with E-state index in [0.717, 1.165) is 26.9 Å². The minimum absolute atomic E-state index is 0.115. The maximum atomic E-state index is 5.60. The van der Waals surface area contributed by atoms with Crippen LogP contribution >= 0.6 is 15.9 Å². The summed E-state index contributed by atoms with van der Waals surface area (Å²) in [4.78, 5) is 2.03. The van der Waals surface area contributed by atoms with Crippen molar-refractivity contribution in [3.05, 3.63) is 26.7 Å². The number of hydrogen-bond donors (Lipinski definition) is 0. The molecule has 0 aliphatic carbocycles. The summed E-state index contributed by atoms with van der Waals surface area (Å²) in [5.41, 5.74) is 4.60. The zero-order valence-corrected chi connectivity index (χ0v) is 13.8. The third kappa shape index (κ3) is 2.56. The minimum Gasteiger partial charge on any atom is -0.496 e. The fourth-order valence-corrected chi connectivity index (χ4v) is 2.76. The molecule has 1 rings (SSSR count). The lowest BCUT2D eigenvalue weighted by Gasteiger charge is -2.28. The van der Waals surface area contributed by atoms with Crippen LogP contribution in [0.1, 0.15) is 28.5 Å². The summed E-state index contributed by atoms with van der Waals surface area (Å²) in [7, 11) is 7.42. The number of benzene rings is 1. The van der Waals surface area contributed by atoms with Crippen molar-refractivity contribution < 1.29 is 9.47 Å². The van der Waals surface area contributed by atoms with Crippen LogP contribution < -0.4 is 4.74 Å². The second-order valence-corrected chi connectivity index (χ2v) is 5.48. The van der Waals surface area contributed by atoms with E-state index in [-0.39, 0.29) is 6.23 Å². The SMILES string of the molecule is COc1c(C)c(C)c(Br)c(C)c1C(OC)N(C)C. The second-order valence-electron chi connectivity index (χ2n) is 4.69. The molecule has 0 aliphatic rings. The number of ether oxygens (including phenoxy) is 2. The highest BCUT2D eigenvalue weighted by molar-refractivity contribution is 9.10.